The first-order valence-electron chi connectivity index (χ1n) is 5.56. The Bertz CT molecular complexity index is 382. The molecule has 0 bridgehead atoms. The number of hydrogen-bond donors (Lipinski definition) is 1. The molecule has 1 heterocycles. The topological polar surface area (TPSA) is 40.5 Å². The van der Waals surface area contributed by atoms with E-state index in [1.165, 1.54) is 11.3 Å². The number of aliphatic hydroxyl groups excluding tert-OH is 1. The van der Waals surface area contributed by atoms with E-state index in [4.69, 9.17) is 0 Å². The Kier molecular flexibility index (Phi) is 3.30. The Hall–Kier alpha value is -0.870. The summed E-state index contributed by atoms with van der Waals surface area (Å²) in [4.78, 5) is 15.7. The van der Waals surface area contributed by atoms with Crippen LogP contribution in [0.3, 0.4) is 0 Å². The Labute approximate surface area is 99.7 Å². The molecule has 88 valence electrons. The second-order valence-electron chi connectivity index (χ2n) is 4.59. The molecule has 3 nitrogen and oxygen atoms in total. The predicted molar refractivity (Wildman–Crippen MR) is 64.7 cm³/mol. The lowest BCUT2D eigenvalue weighted by atomic mass is 9.82. The molecule has 1 amide bonds. The number of aryl methyl sites for hydroxylation is 1. The highest BCUT2D eigenvalue weighted by Gasteiger charge is 2.29. The molecule has 4 heteroatoms. The van der Waals surface area contributed by atoms with Crippen molar-refractivity contribution in [1.82, 2.24) is 4.90 Å². The molecule has 0 radical (unpaired) electrons. The van der Waals surface area contributed by atoms with E-state index in [9.17, 15) is 9.90 Å². The summed E-state index contributed by atoms with van der Waals surface area (Å²) < 4.78 is 0. The van der Waals surface area contributed by atoms with Gasteiger partial charge in [0.2, 0.25) is 0 Å². The van der Waals surface area contributed by atoms with Gasteiger partial charge in [0.15, 0.2) is 0 Å². The summed E-state index contributed by atoms with van der Waals surface area (Å²) in [5.74, 6) is 0.574. The van der Waals surface area contributed by atoms with Gasteiger partial charge in [-0.15, -0.1) is 11.3 Å². The molecular formula is C12H17NO2S. The van der Waals surface area contributed by atoms with Gasteiger partial charge in [-0.3, -0.25) is 4.79 Å². The van der Waals surface area contributed by atoms with Crippen molar-refractivity contribution in [3.05, 3.63) is 21.9 Å². The number of carbonyl (C=O) groups excluding carboxylic acids is 1. The van der Waals surface area contributed by atoms with Crippen LogP contribution >= 0.6 is 11.3 Å². The monoisotopic (exact) mass is 239 g/mol. The van der Waals surface area contributed by atoms with Crippen LogP contribution in [0.15, 0.2) is 12.1 Å². The fraction of sp³-hybridized carbons (Fsp3) is 0.583. The van der Waals surface area contributed by atoms with Crippen LogP contribution in [0.5, 0.6) is 0 Å². The molecule has 0 spiro atoms. The molecule has 1 saturated carbocycles. The van der Waals surface area contributed by atoms with Gasteiger partial charge < -0.3 is 10.0 Å². The number of nitrogens with zero attached hydrogens (tertiary/aromatic N) is 1. The molecular weight excluding hydrogens is 222 g/mol. The molecule has 2 rings (SSSR count). The van der Waals surface area contributed by atoms with Crippen molar-refractivity contribution < 1.29 is 9.90 Å². The molecule has 0 unspecified atom stereocenters. The third kappa shape index (κ3) is 2.44. The number of hydrogen-bond acceptors (Lipinski definition) is 3. The second kappa shape index (κ2) is 4.55. The molecule has 1 fully saturated rings. The van der Waals surface area contributed by atoms with E-state index in [1.54, 1.807) is 4.90 Å². The summed E-state index contributed by atoms with van der Waals surface area (Å²) in [6, 6.07) is 3.85. The molecule has 1 aliphatic carbocycles. The van der Waals surface area contributed by atoms with E-state index in [0.29, 0.717) is 5.92 Å². The summed E-state index contributed by atoms with van der Waals surface area (Å²) >= 11 is 1.54. The molecule has 0 saturated heterocycles. The summed E-state index contributed by atoms with van der Waals surface area (Å²) in [5, 5.41) is 9.19. The molecule has 0 aliphatic heterocycles. The van der Waals surface area contributed by atoms with Crippen molar-refractivity contribution in [2.45, 2.75) is 25.9 Å². The standard InChI is InChI=1S/C12H17NO2S/c1-8-3-4-11(16-8)12(15)13(2)7-9-5-10(14)6-9/h3-4,9-10,14H,5-7H2,1-2H3. The minimum atomic E-state index is -0.141. The van der Waals surface area contributed by atoms with Gasteiger partial charge in [-0.1, -0.05) is 0 Å². The van der Waals surface area contributed by atoms with E-state index in [1.807, 2.05) is 26.1 Å². The Balaban J connectivity index is 1.89. The van der Waals surface area contributed by atoms with Crippen molar-refractivity contribution in [2.75, 3.05) is 13.6 Å². The van der Waals surface area contributed by atoms with E-state index >= 15 is 0 Å². The first-order chi connectivity index (χ1) is 7.56. The van der Waals surface area contributed by atoms with Crippen LogP contribution in [0.2, 0.25) is 0 Å². The molecule has 16 heavy (non-hydrogen) atoms. The van der Waals surface area contributed by atoms with Gasteiger partial charge in [-0.05, 0) is 37.8 Å². The summed E-state index contributed by atoms with van der Waals surface area (Å²) in [6.07, 6.45) is 1.53. The normalized spacial score (nSPS) is 23.9. The number of carbonyl (C=O) groups is 1. The first-order valence-corrected chi connectivity index (χ1v) is 6.38. The van der Waals surface area contributed by atoms with Gasteiger partial charge in [0.05, 0.1) is 11.0 Å². The fourth-order valence-electron chi connectivity index (χ4n) is 2.06. The Morgan fingerprint density at radius 3 is 2.75 bits per heavy atom. The number of thiophene rings is 1. The minimum absolute atomic E-state index is 0.0967. The maximum atomic E-state index is 12.0. The van der Waals surface area contributed by atoms with Crippen LogP contribution < -0.4 is 0 Å². The molecule has 0 atom stereocenters. The van der Waals surface area contributed by atoms with E-state index in [2.05, 4.69) is 0 Å². The average Bonchev–Trinajstić information content (AvgIpc) is 2.61. The summed E-state index contributed by atoms with van der Waals surface area (Å²) in [6.45, 7) is 2.76. The molecule has 1 aromatic rings. The van der Waals surface area contributed by atoms with Gasteiger partial charge in [-0.25, -0.2) is 0 Å². The average molecular weight is 239 g/mol. The van der Waals surface area contributed by atoms with Crippen molar-refractivity contribution in [1.29, 1.82) is 0 Å². The maximum Gasteiger partial charge on any atom is 0.263 e. The number of rotatable bonds is 3. The minimum Gasteiger partial charge on any atom is -0.393 e. The summed E-state index contributed by atoms with van der Waals surface area (Å²) in [5.41, 5.74) is 0. The SMILES string of the molecule is Cc1ccc(C(=O)N(C)CC2CC(O)C2)s1. The van der Waals surface area contributed by atoms with Crippen molar-refractivity contribution in [2.24, 2.45) is 5.92 Å². The first kappa shape index (κ1) is 11.6. The van der Waals surface area contributed by atoms with Gasteiger partial charge >= 0.3 is 0 Å². The van der Waals surface area contributed by atoms with Crippen LogP contribution in [0.25, 0.3) is 0 Å². The van der Waals surface area contributed by atoms with Crippen LogP contribution in [0, 0.1) is 12.8 Å². The lowest BCUT2D eigenvalue weighted by Gasteiger charge is -2.34. The van der Waals surface area contributed by atoms with Gasteiger partial charge in [0, 0.05) is 18.5 Å². The van der Waals surface area contributed by atoms with Gasteiger partial charge in [0.1, 0.15) is 0 Å². The lowest BCUT2D eigenvalue weighted by molar-refractivity contribution is 0.0266. The summed E-state index contributed by atoms with van der Waals surface area (Å²) in [7, 11) is 1.84. The number of aliphatic hydroxyl groups is 1. The van der Waals surface area contributed by atoms with Gasteiger partial charge in [0.25, 0.3) is 5.91 Å². The zero-order valence-electron chi connectivity index (χ0n) is 9.64. The van der Waals surface area contributed by atoms with Crippen LogP contribution in [-0.4, -0.2) is 35.6 Å². The van der Waals surface area contributed by atoms with E-state index in [0.717, 1.165) is 29.1 Å². The lowest BCUT2D eigenvalue weighted by Crippen LogP contribution is -2.39. The highest BCUT2D eigenvalue weighted by atomic mass is 32.1. The van der Waals surface area contributed by atoms with Gasteiger partial charge in [-0.2, -0.15) is 0 Å². The molecule has 1 N–H and O–H groups in total. The van der Waals surface area contributed by atoms with Crippen molar-refractivity contribution >= 4 is 17.2 Å². The van der Waals surface area contributed by atoms with E-state index < -0.39 is 0 Å². The molecule has 1 aliphatic rings. The predicted octanol–water partition coefficient (Wildman–Crippen LogP) is 1.90. The second-order valence-corrected chi connectivity index (χ2v) is 5.88. The fourth-order valence-corrected chi connectivity index (χ4v) is 2.92. The third-order valence-electron chi connectivity index (χ3n) is 3.04. The zero-order valence-corrected chi connectivity index (χ0v) is 10.5. The largest absolute Gasteiger partial charge is 0.393 e. The Morgan fingerprint density at radius 1 is 1.56 bits per heavy atom. The quantitative estimate of drug-likeness (QED) is 0.875. The highest BCUT2D eigenvalue weighted by Crippen LogP contribution is 2.28. The molecule has 1 aromatic heterocycles. The van der Waals surface area contributed by atoms with Crippen molar-refractivity contribution in [3.8, 4) is 0 Å². The number of amides is 1. The van der Waals surface area contributed by atoms with E-state index in [-0.39, 0.29) is 12.0 Å². The third-order valence-corrected chi connectivity index (χ3v) is 4.03. The van der Waals surface area contributed by atoms with Crippen molar-refractivity contribution in [3.63, 3.8) is 0 Å². The smallest absolute Gasteiger partial charge is 0.263 e. The van der Waals surface area contributed by atoms with Crippen LogP contribution in [0.1, 0.15) is 27.4 Å². The van der Waals surface area contributed by atoms with Crippen LogP contribution in [-0.2, 0) is 0 Å². The molecule has 0 aromatic carbocycles. The zero-order chi connectivity index (χ0) is 11.7. The highest BCUT2D eigenvalue weighted by molar-refractivity contribution is 7.13. The maximum absolute atomic E-state index is 12.0. The van der Waals surface area contributed by atoms with Crippen LogP contribution in [0.4, 0.5) is 0 Å². The Morgan fingerprint density at radius 2 is 2.25 bits per heavy atom.